The van der Waals surface area contributed by atoms with Crippen LogP contribution in [0.5, 0.6) is 0 Å². The molecule has 1 heterocycles. The zero-order valence-electron chi connectivity index (χ0n) is 10.6. The average molecular weight is 242 g/mol. The van der Waals surface area contributed by atoms with Gasteiger partial charge in [-0.1, -0.05) is 25.6 Å². The van der Waals surface area contributed by atoms with E-state index < -0.39 is 8.07 Å². The van der Waals surface area contributed by atoms with Crippen molar-refractivity contribution >= 4 is 13.8 Å². The average Bonchev–Trinajstić information content (AvgIpc) is 2.79. The second-order valence-corrected chi connectivity index (χ2v) is 9.94. The predicted octanol–water partition coefficient (Wildman–Crippen LogP) is 2.75. The molecule has 0 saturated heterocycles. The lowest BCUT2D eigenvalue weighted by atomic mass is 10.2. The van der Waals surface area contributed by atoms with Crippen molar-refractivity contribution in [1.82, 2.24) is 5.43 Å². The standard InChI is InChI=1S/C14H18N2Si/c1-17(2,3)12-9-13-5-7-14(8-6-13)16-11-4-10-15-16/h4-8,10,15H,11H2,1-3H3. The Bertz CT molecular complexity index is 464. The molecule has 1 aromatic carbocycles. The van der Waals surface area contributed by atoms with Gasteiger partial charge in [0, 0.05) is 11.8 Å². The summed E-state index contributed by atoms with van der Waals surface area (Å²) in [6.07, 6.45) is 4.05. The van der Waals surface area contributed by atoms with Gasteiger partial charge in [-0.25, -0.2) is 0 Å². The van der Waals surface area contributed by atoms with E-state index >= 15 is 0 Å². The lowest BCUT2D eigenvalue weighted by Crippen LogP contribution is -2.29. The molecule has 1 N–H and O–H groups in total. The van der Waals surface area contributed by atoms with E-state index in [4.69, 9.17) is 0 Å². The molecule has 0 atom stereocenters. The highest BCUT2D eigenvalue weighted by Gasteiger charge is 2.08. The van der Waals surface area contributed by atoms with Crippen LogP contribution in [0.25, 0.3) is 0 Å². The molecule has 0 fully saturated rings. The summed E-state index contributed by atoms with van der Waals surface area (Å²) in [6, 6.07) is 8.38. The first-order valence-electron chi connectivity index (χ1n) is 5.87. The van der Waals surface area contributed by atoms with E-state index in [0.717, 1.165) is 12.1 Å². The van der Waals surface area contributed by atoms with Gasteiger partial charge in [0.05, 0.1) is 12.2 Å². The van der Waals surface area contributed by atoms with Crippen molar-refractivity contribution in [2.75, 3.05) is 11.6 Å². The zero-order valence-corrected chi connectivity index (χ0v) is 11.6. The zero-order chi connectivity index (χ0) is 12.3. The monoisotopic (exact) mass is 242 g/mol. The summed E-state index contributed by atoms with van der Waals surface area (Å²) in [6.45, 7) is 7.69. The summed E-state index contributed by atoms with van der Waals surface area (Å²) in [4.78, 5) is 0. The molecule has 0 saturated carbocycles. The van der Waals surface area contributed by atoms with Crippen molar-refractivity contribution in [2.45, 2.75) is 19.6 Å². The van der Waals surface area contributed by atoms with Crippen molar-refractivity contribution in [2.24, 2.45) is 0 Å². The van der Waals surface area contributed by atoms with Crippen LogP contribution in [0.3, 0.4) is 0 Å². The van der Waals surface area contributed by atoms with Crippen LogP contribution >= 0.6 is 0 Å². The maximum absolute atomic E-state index is 3.37. The molecule has 2 rings (SSSR count). The summed E-state index contributed by atoms with van der Waals surface area (Å²) in [5.41, 5.74) is 8.82. The molecule has 2 nitrogen and oxygen atoms in total. The van der Waals surface area contributed by atoms with Crippen LogP contribution < -0.4 is 10.4 Å². The number of nitrogens with zero attached hydrogens (tertiary/aromatic N) is 1. The van der Waals surface area contributed by atoms with Gasteiger partial charge in [0.1, 0.15) is 8.07 Å². The van der Waals surface area contributed by atoms with E-state index in [1.165, 1.54) is 5.69 Å². The number of hydrogen-bond donors (Lipinski definition) is 1. The topological polar surface area (TPSA) is 15.3 Å². The Hall–Kier alpha value is -1.66. The third-order valence-electron chi connectivity index (χ3n) is 2.40. The summed E-state index contributed by atoms with van der Waals surface area (Å²) < 4.78 is 0. The van der Waals surface area contributed by atoms with E-state index in [0.29, 0.717) is 0 Å². The Labute approximate surface area is 104 Å². The summed E-state index contributed by atoms with van der Waals surface area (Å²) in [5, 5.41) is 2.09. The van der Waals surface area contributed by atoms with E-state index in [2.05, 4.69) is 71.9 Å². The second kappa shape index (κ2) is 4.68. The van der Waals surface area contributed by atoms with Crippen LogP contribution in [-0.2, 0) is 0 Å². The molecule has 1 aliphatic heterocycles. The highest BCUT2D eigenvalue weighted by atomic mass is 28.3. The van der Waals surface area contributed by atoms with Gasteiger partial charge >= 0.3 is 0 Å². The summed E-state index contributed by atoms with van der Waals surface area (Å²) in [7, 11) is -1.27. The van der Waals surface area contributed by atoms with Crippen LogP contribution in [0.15, 0.2) is 36.5 Å². The van der Waals surface area contributed by atoms with Crippen molar-refractivity contribution in [3.63, 3.8) is 0 Å². The van der Waals surface area contributed by atoms with Crippen LogP contribution in [-0.4, -0.2) is 14.6 Å². The van der Waals surface area contributed by atoms with Crippen molar-refractivity contribution in [3.8, 4) is 11.5 Å². The first-order chi connectivity index (χ1) is 8.04. The third-order valence-corrected chi connectivity index (χ3v) is 3.27. The summed E-state index contributed by atoms with van der Waals surface area (Å²) in [5.74, 6) is 3.26. The Morgan fingerprint density at radius 3 is 2.41 bits per heavy atom. The molecule has 17 heavy (non-hydrogen) atoms. The minimum Gasteiger partial charge on any atom is -0.306 e. The van der Waals surface area contributed by atoms with Crippen LogP contribution in [0, 0.1) is 11.5 Å². The molecular formula is C14H18N2Si. The second-order valence-electron chi connectivity index (χ2n) is 5.19. The number of benzene rings is 1. The lowest BCUT2D eigenvalue weighted by molar-refractivity contribution is 0.840. The molecular weight excluding hydrogens is 224 g/mol. The molecule has 0 aromatic heterocycles. The van der Waals surface area contributed by atoms with Gasteiger partial charge in [0.15, 0.2) is 0 Å². The number of rotatable bonds is 1. The first kappa shape index (κ1) is 11.8. The largest absolute Gasteiger partial charge is 0.306 e. The predicted molar refractivity (Wildman–Crippen MR) is 76.3 cm³/mol. The fraction of sp³-hybridized carbons (Fsp3) is 0.286. The maximum Gasteiger partial charge on any atom is 0.129 e. The van der Waals surface area contributed by atoms with Gasteiger partial charge < -0.3 is 5.43 Å². The fourth-order valence-corrected chi connectivity index (χ4v) is 2.04. The van der Waals surface area contributed by atoms with Gasteiger partial charge in [-0.05, 0) is 30.3 Å². The highest BCUT2D eigenvalue weighted by molar-refractivity contribution is 6.83. The van der Waals surface area contributed by atoms with Crippen LogP contribution in [0.1, 0.15) is 5.56 Å². The quantitative estimate of drug-likeness (QED) is 0.602. The molecule has 0 unspecified atom stereocenters. The molecule has 1 aromatic rings. The Balaban J connectivity index is 2.09. The molecule has 3 heteroatoms. The SMILES string of the molecule is C[Si](C)(C)C#Cc1ccc(N2CC=CN2)cc1. The molecule has 0 spiro atoms. The molecule has 0 radical (unpaired) electrons. The number of anilines is 1. The van der Waals surface area contributed by atoms with E-state index in [9.17, 15) is 0 Å². The molecule has 88 valence electrons. The van der Waals surface area contributed by atoms with Gasteiger partial charge in [-0.2, -0.15) is 0 Å². The molecule has 0 amide bonds. The maximum atomic E-state index is 3.37. The third kappa shape index (κ3) is 3.40. The first-order valence-corrected chi connectivity index (χ1v) is 9.37. The Morgan fingerprint density at radius 2 is 1.88 bits per heavy atom. The minimum atomic E-state index is -1.27. The Morgan fingerprint density at radius 1 is 1.18 bits per heavy atom. The van der Waals surface area contributed by atoms with E-state index in [1.54, 1.807) is 0 Å². The van der Waals surface area contributed by atoms with Gasteiger partial charge in [-0.15, -0.1) is 5.54 Å². The normalized spacial score (nSPS) is 14.2. The molecule has 0 aliphatic carbocycles. The van der Waals surface area contributed by atoms with Crippen molar-refractivity contribution < 1.29 is 0 Å². The lowest BCUT2D eigenvalue weighted by Gasteiger charge is -2.18. The Kier molecular flexibility index (Phi) is 3.25. The molecule has 1 aliphatic rings. The number of hydrogen-bond acceptors (Lipinski definition) is 2. The number of nitrogens with one attached hydrogen (secondary N) is 1. The van der Waals surface area contributed by atoms with E-state index in [-0.39, 0.29) is 0 Å². The van der Waals surface area contributed by atoms with Crippen LogP contribution in [0.2, 0.25) is 19.6 Å². The number of hydrazine groups is 1. The van der Waals surface area contributed by atoms with Crippen molar-refractivity contribution in [1.29, 1.82) is 0 Å². The van der Waals surface area contributed by atoms with E-state index in [1.807, 2.05) is 6.20 Å². The van der Waals surface area contributed by atoms with Gasteiger partial charge in [-0.3, -0.25) is 5.01 Å². The van der Waals surface area contributed by atoms with Crippen molar-refractivity contribution in [3.05, 3.63) is 42.1 Å². The van der Waals surface area contributed by atoms with Crippen LogP contribution in [0.4, 0.5) is 5.69 Å². The summed E-state index contributed by atoms with van der Waals surface area (Å²) >= 11 is 0. The molecule has 0 bridgehead atoms. The minimum absolute atomic E-state index is 0.917. The van der Waals surface area contributed by atoms with Gasteiger partial charge in [0.2, 0.25) is 0 Å². The smallest absolute Gasteiger partial charge is 0.129 e. The van der Waals surface area contributed by atoms with Gasteiger partial charge in [0.25, 0.3) is 0 Å². The highest BCUT2D eigenvalue weighted by Crippen LogP contribution is 2.15. The fourth-order valence-electron chi connectivity index (χ4n) is 1.52.